The molecule has 0 unspecified atom stereocenters. The predicted molar refractivity (Wildman–Crippen MR) is 49.8 cm³/mol. The minimum atomic E-state index is -0.165. The second-order valence-electron chi connectivity index (χ2n) is 2.95. The van der Waals surface area contributed by atoms with Crippen molar-refractivity contribution in [3.8, 4) is 5.69 Å². The van der Waals surface area contributed by atoms with Crippen molar-refractivity contribution < 1.29 is 5.11 Å². The summed E-state index contributed by atoms with van der Waals surface area (Å²) in [6, 6.07) is 7.73. The van der Waals surface area contributed by atoms with Gasteiger partial charge in [0.05, 0.1) is 5.69 Å². The van der Waals surface area contributed by atoms with Gasteiger partial charge in [-0.1, -0.05) is 18.2 Å². The second-order valence-corrected chi connectivity index (χ2v) is 2.95. The molecule has 2 rings (SSSR count). The Morgan fingerprint density at radius 3 is 2.86 bits per heavy atom. The molecule has 0 saturated carbocycles. The van der Waals surface area contributed by atoms with Crippen molar-refractivity contribution in [2.45, 2.75) is 13.5 Å². The van der Waals surface area contributed by atoms with Crippen molar-refractivity contribution in [2.75, 3.05) is 0 Å². The molecule has 0 spiro atoms. The maximum atomic E-state index is 9.00. The molecule has 1 heterocycles. The average molecular weight is 190 g/mol. The molecule has 0 aliphatic carbocycles. The fraction of sp³-hybridized carbons (Fsp3) is 0.222. The van der Waals surface area contributed by atoms with E-state index >= 15 is 0 Å². The van der Waals surface area contributed by atoms with Crippen molar-refractivity contribution in [3.63, 3.8) is 0 Å². The molecular formula is C9H10N4O. The quantitative estimate of drug-likeness (QED) is 0.747. The molecule has 0 bridgehead atoms. The standard InChI is InChI=1S/C9H10N4O/c1-7-4-2-3-5-8(7)13-9(6-14)10-11-12-13/h2-5,14H,6H2,1H3. The van der Waals surface area contributed by atoms with Crippen LogP contribution in [-0.2, 0) is 6.61 Å². The summed E-state index contributed by atoms with van der Waals surface area (Å²) in [4.78, 5) is 0. The minimum Gasteiger partial charge on any atom is -0.388 e. The van der Waals surface area contributed by atoms with Gasteiger partial charge in [-0.05, 0) is 29.0 Å². The van der Waals surface area contributed by atoms with E-state index in [2.05, 4.69) is 15.5 Å². The lowest BCUT2D eigenvalue weighted by atomic mass is 10.2. The van der Waals surface area contributed by atoms with E-state index in [-0.39, 0.29) is 6.61 Å². The molecule has 72 valence electrons. The number of para-hydroxylation sites is 1. The Labute approximate surface area is 81.0 Å². The highest BCUT2D eigenvalue weighted by Gasteiger charge is 2.07. The van der Waals surface area contributed by atoms with Crippen molar-refractivity contribution in [1.29, 1.82) is 0 Å². The van der Waals surface area contributed by atoms with Gasteiger partial charge in [0.1, 0.15) is 6.61 Å². The Morgan fingerprint density at radius 2 is 2.14 bits per heavy atom. The van der Waals surface area contributed by atoms with E-state index in [1.54, 1.807) is 0 Å². The number of benzene rings is 1. The number of rotatable bonds is 2. The summed E-state index contributed by atoms with van der Waals surface area (Å²) >= 11 is 0. The lowest BCUT2D eigenvalue weighted by Crippen LogP contribution is -2.04. The zero-order valence-electron chi connectivity index (χ0n) is 7.75. The maximum Gasteiger partial charge on any atom is 0.182 e. The van der Waals surface area contributed by atoms with Crippen molar-refractivity contribution in [1.82, 2.24) is 20.2 Å². The van der Waals surface area contributed by atoms with Crippen LogP contribution >= 0.6 is 0 Å². The van der Waals surface area contributed by atoms with Crippen LogP contribution in [0.5, 0.6) is 0 Å². The monoisotopic (exact) mass is 190 g/mol. The summed E-state index contributed by atoms with van der Waals surface area (Å²) in [6.07, 6.45) is 0. The van der Waals surface area contributed by atoms with Gasteiger partial charge in [0, 0.05) is 0 Å². The van der Waals surface area contributed by atoms with Crippen LogP contribution in [0.1, 0.15) is 11.4 Å². The van der Waals surface area contributed by atoms with Gasteiger partial charge in [0.25, 0.3) is 0 Å². The van der Waals surface area contributed by atoms with Crippen LogP contribution in [0.4, 0.5) is 0 Å². The largest absolute Gasteiger partial charge is 0.388 e. The first kappa shape index (κ1) is 8.83. The Bertz CT molecular complexity index is 438. The second kappa shape index (κ2) is 3.55. The number of nitrogens with zero attached hydrogens (tertiary/aromatic N) is 4. The molecule has 0 radical (unpaired) electrons. The van der Waals surface area contributed by atoms with Crippen LogP contribution in [0.15, 0.2) is 24.3 Å². The van der Waals surface area contributed by atoms with E-state index < -0.39 is 0 Å². The highest BCUT2D eigenvalue weighted by atomic mass is 16.3. The van der Waals surface area contributed by atoms with Crippen molar-refractivity contribution in [2.24, 2.45) is 0 Å². The van der Waals surface area contributed by atoms with Gasteiger partial charge in [-0.3, -0.25) is 0 Å². The fourth-order valence-electron chi connectivity index (χ4n) is 1.29. The highest BCUT2D eigenvalue weighted by Crippen LogP contribution is 2.12. The van der Waals surface area contributed by atoms with Gasteiger partial charge in [-0.2, -0.15) is 4.68 Å². The zero-order chi connectivity index (χ0) is 9.97. The van der Waals surface area contributed by atoms with Crippen molar-refractivity contribution >= 4 is 0 Å². The third-order valence-electron chi connectivity index (χ3n) is 2.02. The molecule has 0 saturated heterocycles. The molecule has 0 atom stereocenters. The number of hydrogen-bond acceptors (Lipinski definition) is 4. The van der Waals surface area contributed by atoms with E-state index in [9.17, 15) is 0 Å². The first-order chi connectivity index (χ1) is 6.83. The summed E-state index contributed by atoms with van der Waals surface area (Å²) in [6.45, 7) is 1.81. The number of aromatic nitrogens is 4. The number of aryl methyl sites for hydroxylation is 1. The van der Waals surface area contributed by atoms with Gasteiger partial charge in [0.15, 0.2) is 5.82 Å². The third-order valence-corrected chi connectivity index (χ3v) is 2.02. The average Bonchev–Trinajstić information content (AvgIpc) is 2.66. The molecule has 0 aliphatic heterocycles. The molecule has 2 aromatic rings. The normalized spacial score (nSPS) is 10.4. The third kappa shape index (κ3) is 1.38. The molecule has 5 heteroatoms. The van der Waals surface area contributed by atoms with E-state index in [1.807, 2.05) is 31.2 Å². The van der Waals surface area contributed by atoms with E-state index in [0.29, 0.717) is 5.82 Å². The molecule has 1 aromatic heterocycles. The zero-order valence-corrected chi connectivity index (χ0v) is 7.75. The van der Waals surface area contributed by atoms with Gasteiger partial charge in [-0.25, -0.2) is 0 Å². The van der Waals surface area contributed by atoms with E-state index in [4.69, 9.17) is 5.11 Å². The number of hydrogen-bond donors (Lipinski definition) is 1. The van der Waals surface area contributed by atoms with Gasteiger partial charge in [0.2, 0.25) is 0 Å². The smallest absolute Gasteiger partial charge is 0.182 e. The van der Waals surface area contributed by atoms with Gasteiger partial charge < -0.3 is 5.11 Å². The lowest BCUT2D eigenvalue weighted by molar-refractivity contribution is 0.268. The minimum absolute atomic E-state index is 0.165. The summed E-state index contributed by atoms with van der Waals surface area (Å²) in [7, 11) is 0. The molecule has 1 aromatic carbocycles. The first-order valence-electron chi connectivity index (χ1n) is 4.27. The molecule has 0 aliphatic rings. The van der Waals surface area contributed by atoms with Crippen molar-refractivity contribution in [3.05, 3.63) is 35.7 Å². The molecule has 14 heavy (non-hydrogen) atoms. The van der Waals surface area contributed by atoms with Gasteiger partial charge in [-0.15, -0.1) is 5.10 Å². The molecule has 5 nitrogen and oxygen atoms in total. The Balaban J connectivity index is 2.54. The topological polar surface area (TPSA) is 63.8 Å². The van der Waals surface area contributed by atoms with Crippen LogP contribution in [0.25, 0.3) is 5.69 Å². The van der Waals surface area contributed by atoms with Crippen LogP contribution < -0.4 is 0 Å². The first-order valence-corrected chi connectivity index (χ1v) is 4.27. The summed E-state index contributed by atoms with van der Waals surface area (Å²) in [5.41, 5.74) is 1.95. The molecule has 0 amide bonds. The van der Waals surface area contributed by atoms with Crippen LogP contribution in [-0.4, -0.2) is 25.3 Å². The Hall–Kier alpha value is -1.75. The number of tetrazole rings is 1. The van der Waals surface area contributed by atoms with E-state index in [1.165, 1.54) is 4.68 Å². The van der Waals surface area contributed by atoms with Crippen LogP contribution in [0.2, 0.25) is 0 Å². The summed E-state index contributed by atoms with van der Waals surface area (Å²) in [5, 5.41) is 20.0. The Kier molecular flexibility index (Phi) is 2.24. The van der Waals surface area contributed by atoms with Crippen LogP contribution in [0, 0.1) is 6.92 Å². The summed E-state index contributed by atoms with van der Waals surface area (Å²) in [5.74, 6) is 0.444. The fourth-order valence-corrected chi connectivity index (χ4v) is 1.29. The van der Waals surface area contributed by atoms with E-state index in [0.717, 1.165) is 11.3 Å². The summed E-state index contributed by atoms with van der Waals surface area (Å²) < 4.78 is 1.54. The number of aliphatic hydroxyl groups is 1. The number of aliphatic hydroxyl groups excluding tert-OH is 1. The lowest BCUT2D eigenvalue weighted by Gasteiger charge is -2.05. The molecule has 0 fully saturated rings. The highest BCUT2D eigenvalue weighted by molar-refractivity contribution is 5.39. The predicted octanol–water partition coefficient (Wildman–Crippen LogP) is 0.463. The Morgan fingerprint density at radius 1 is 1.36 bits per heavy atom. The molecule has 1 N–H and O–H groups in total. The SMILES string of the molecule is Cc1ccccc1-n1nnnc1CO. The maximum absolute atomic E-state index is 9.00. The van der Waals surface area contributed by atoms with Gasteiger partial charge >= 0.3 is 0 Å². The van der Waals surface area contributed by atoms with Crippen LogP contribution in [0.3, 0.4) is 0 Å². The molecular weight excluding hydrogens is 180 g/mol.